The summed E-state index contributed by atoms with van der Waals surface area (Å²) in [5.41, 5.74) is 2.13. The molecule has 2 rings (SSSR count). The van der Waals surface area contributed by atoms with Crippen molar-refractivity contribution in [2.45, 2.75) is 19.3 Å². The van der Waals surface area contributed by atoms with E-state index >= 15 is 0 Å². The molecular weight excluding hydrogens is 454 g/mol. The van der Waals surface area contributed by atoms with E-state index in [4.69, 9.17) is 11.6 Å². The normalized spacial score (nSPS) is 10.9. The molecule has 0 radical (unpaired) electrons. The van der Waals surface area contributed by atoms with Crippen LogP contribution in [0.2, 0.25) is 5.15 Å². The van der Waals surface area contributed by atoms with Crippen LogP contribution < -0.4 is 10.6 Å². The van der Waals surface area contributed by atoms with Crippen molar-refractivity contribution < 1.29 is 4.39 Å². The zero-order valence-electron chi connectivity index (χ0n) is 14.1. The molecule has 0 aliphatic heterocycles. The molecule has 4 nitrogen and oxygen atoms in total. The van der Waals surface area contributed by atoms with Crippen LogP contribution in [0.3, 0.4) is 0 Å². The third kappa shape index (κ3) is 8.49. The molecule has 25 heavy (non-hydrogen) atoms. The number of halogens is 3. The standard InChI is InChI=1S/C18H22ClFN4.HI/c1-21-18(23-11-9-15-7-8-17(19)24-13-15)22-10-3-5-14-4-2-6-16(20)12-14;/h2,4,6-8,12-13H,3,5,9-11H2,1H3,(H2,21,22,23);1H. The second-order valence-electron chi connectivity index (χ2n) is 5.40. The summed E-state index contributed by atoms with van der Waals surface area (Å²) >= 11 is 5.77. The molecule has 0 aliphatic carbocycles. The minimum Gasteiger partial charge on any atom is -0.356 e. The Kier molecular flexibility index (Phi) is 10.4. The van der Waals surface area contributed by atoms with Crippen LogP contribution in [0.5, 0.6) is 0 Å². The van der Waals surface area contributed by atoms with E-state index < -0.39 is 0 Å². The Morgan fingerprint density at radius 1 is 1.12 bits per heavy atom. The molecule has 0 atom stereocenters. The zero-order valence-corrected chi connectivity index (χ0v) is 17.2. The van der Waals surface area contributed by atoms with Crippen molar-refractivity contribution in [2.24, 2.45) is 4.99 Å². The predicted octanol–water partition coefficient (Wildman–Crippen LogP) is 3.83. The molecule has 0 saturated heterocycles. The summed E-state index contributed by atoms with van der Waals surface area (Å²) in [6.07, 6.45) is 4.36. The van der Waals surface area contributed by atoms with Gasteiger partial charge < -0.3 is 10.6 Å². The van der Waals surface area contributed by atoms with Gasteiger partial charge in [-0.05, 0) is 48.6 Å². The number of rotatable bonds is 7. The molecule has 0 bridgehead atoms. The van der Waals surface area contributed by atoms with Crippen molar-refractivity contribution in [3.63, 3.8) is 0 Å². The van der Waals surface area contributed by atoms with Gasteiger partial charge in [-0.2, -0.15) is 0 Å². The van der Waals surface area contributed by atoms with Crippen LogP contribution in [-0.2, 0) is 12.8 Å². The molecule has 0 saturated carbocycles. The van der Waals surface area contributed by atoms with E-state index in [1.807, 2.05) is 12.1 Å². The molecule has 2 aromatic rings. The van der Waals surface area contributed by atoms with Gasteiger partial charge in [0.05, 0.1) is 0 Å². The maximum atomic E-state index is 13.1. The molecule has 0 spiro atoms. The van der Waals surface area contributed by atoms with Crippen LogP contribution >= 0.6 is 35.6 Å². The van der Waals surface area contributed by atoms with E-state index in [-0.39, 0.29) is 29.8 Å². The van der Waals surface area contributed by atoms with Gasteiger partial charge in [-0.3, -0.25) is 4.99 Å². The van der Waals surface area contributed by atoms with E-state index in [9.17, 15) is 4.39 Å². The molecule has 0 fully saturated rings. The van der Waals surface area contributed by atoms with Crippen LogP contribution in [-0.4, -0.2) is 31.1 Å². The third-order valence-corrected chi connectivity index (χ3v) is 3.77. The van der Waals surface area contributed by atoms with Gasteiger partial charge in [-0.25, -0.2) is 9.37 Å². The first-order chi connectivity index (χ1) is 11.7. The van der Waals surface area contributed by atoms with Gasteiger partial charge in [-0.15, -0.1) is 24.0 Å². The minimum absolute atomic E-state index is 0. The van der Waals surface area contributed by atoms with Crippen LogP contribution in [0.25, 0.3) is 0 Å². The second kappa shape index (κ2) is 12.0. The lowest BCUT2D eigenvalue weighted by atomic mass is 10.1. The SMILES string of the molecule is CN=C(NCCCc1cccc(F)c1)NCCc1ccc(Cl)nc1.I. The summed E-state index contributed by atoms with van der Waals surface area (Å²) < 4.78 is 13.1. The number of nitrogens with one attached hydrogen (secondary N) is 2. The first kappa shape index (κ1) is 21.6. The lowest BCUT2D eigenvalue weighted by Gasteiger charge is -2.12. The quantitative estimate of drug-likeness (QED) is 0.210. The van der Waals surface area contributed by atoms with Crippen molar-refractivity contribution in [2.75, 3.05) is 20.1 Å². The fraction of sp³-hybridized carbons (Fsp3) is 0.333. The van der Waals surface area contributed by atoms with Gasteiger partial charge in [0, 0.05) is 26.3 Å². The first-order valence-electron chi connectivity index (χ1n) is 7.97. The van der Waals surface area contributed by atoms with Crippen molar-refractivity contribution in [1.82, 2.24) is 15.6 Å². The number of benzene rings is 1. The Morgan fingerprint density at radius 2 is 1.92 bits per heavy atom. The topological polar surface area (TPSA) is 49.3 Å². The summed E-state index contributed by atoms with van der Waals surface area (Å²) in [6, 6.07) is 10.5. The summed E-state index contributed by atoms with van der Waals surface area (Å²) in [7, 11) is 1.74. The van der Waals surface area contributed by atoms with Gasteiger partial charge in [0.1, 0.15) is 11.0 Å². The lowest BCUT2D eigenvalue weighted by Crippen LogP contribution is -2.38. The largest absolute Gasteiger partial charge is 0.356 e. The predicted molar refractivity (Wildman–Crippen MR) is 112 cm³/mol. The highest BCUT2D eigenvalue weighted by molar-refractivity contribution is 14.0. The molecule has 0 aliphatic rings. The maximum absolute atomic E-state index is 13.1. The number of hydrogen-bond acceptors (Lipinski definition) is 2. The number of aromatic nitrogens is 1. The first-order valence-corrected chi connectivity index (χ1v) is 8.34. The van der Waals surface area contributed by atoms with Gasteiger partial charge >= 0.3 is 0 Å². The Hall–Kier alpha value is -1.41. The molecule has 7 heteroatoms. The van der Waals surface area contributed by atoms with Crippen LogP contribution in [0, 0.1) is 5.82 Å². The number of nitrogens with zero attached hydrogens (tertiary/aromatic N) is 2. The number of aryl methyl sites for hydroxylation is 1. The third-order valence-electron chi connectivity index (χ3n) is 3.54. The highest BCUT2D eigenvalue weighted by Crippen LogP contribution is 2.06. The van der Waals surface area contributed by atoms with Gasteiger partial charge in [-0.1, -0.05) is 29.8 Å². The van der Waals surface area contributed by atoms with Gasteiger partial charge in [0.25, 0.3) is 0 Å². The lowest BCUT2D eigenvalue weighted by molar-refractivity contribution is 0.624. The van der Waals surface area contributed by atoms with Crippen LogP contribution in [0.4, 0.5) is 4.39 Å². The van der Waals surface area contributed by atoms with Gasteiger partial charge in [0.15, 0.2) is 5.96 Å². The molecule has 1 aromatic carbocycles. The average molecular weight is 477 g/mol. The molecule has 0 amide bonds. The number of hydrogen-bond donors (Lipinski definition) is 2. The van der Waals surface area contributed by atoms with Crippen molar-refractivity contribution in [3.05, 3.63) is 64.7 Å². The van der Waals surface area contributed by atoms with E-state index in [0.29, 0.717) is 5.15 Å². The fourth-order valence-electron chi connectivity index (χ4n) is 2.29. The zero-order chi connectivity index (χ0) is 17.2. The Morgan fingerprint density at radius 3 is 2.60 bits per heavy atom. The fourth-order valence-corrected chi connectivity index (χ4v) is 2.40. The monoisotopic (exact) mass is 476 g/mol. The van der Waals surface area contributed by atoms with E-state index in [1.54, 1.807) is 31.4 Å². The number of aliphatic imine (C=N–C) groups is 1. The van der Waals surface area contributed by atoms with E-state index in [2.05, 4.69) is 20.6 Å². The molecule has 2 N–H and O–H groups in total. The Bertz CT molecular complexity index is 664. The van der Waals surface area contributed by atoms with Gasteiger partial charge in [0.2, 0.25) is 0 Å². The Labute approximate surface area is 170 Å². The van der Waals surface area contributed by atoms with Crippen LogP contribution in [0.1, 0.15) is 17.5 Å². The molecule has 0 unspecified atom stereocenters. The number of pyridine rings is 1. The van der Waals surface area contributed by atoms with Crippen molar-refractivity contribution >= 4 is 41.5 Å². The van der Waals surface area contributed by atoms with Crippen molar-refractivity contribution in [3.8, 4) is 0 Å². The highest BCUT2D eigenvalue weighted by Gasteiger charge is 2.00. The second-order valence-corrected chi connectivity index (χ2v) is 5.79. The Balaban J connectivity index is 0.00000312. The molecule has 136 valence electrons. The molecule has 1 aromatic heterocycles. The summed E-state index contributed by atoms with van der Waals surface area (Å²) in [5.74, 6) is 0.575. The average Bonchev–Trinajstić information content (AvgIpc) is 2.59. The van der Waals surface area contributed by atoms with E-state index in [1.165, 1.54) is 6.07 Å². The summed E-state index contributed by atoms with van der Waals surface area (Å²) in [5, 5.41) is 7.02. The highest BCUT2D eigenvalue weighted by atomic mass is 127. The summed E-state index contributed by atoms with van der Waals surface area (Å²) in [6.45, 7) is 1.53. The minimum atomic E-state index is -0.186. The number of guanidine groups is 1. The van der Waals surface area contributed by atoms with E-state index in [0.717, 1.165) is 49.4 Å². The smallest absolute Gasteiger partial charge is 0.190 e. The van der Waals surface area contributed by atoms with Crippen molar-refractivity contribution in [1.29, 1.82) is 0 Å². The maximum Gasteiger partial charge on any atom is 0.190 e. The molecular formula is C18H23ClFIN4. The molecule has 1 heterocycles. The van der Waals surface area contributed by atoms with Crippen LogP contribution in [0.15, 0.2) is 47.6 Å². The summed E-state index contributed by atoms with van der Waals surface area (Å²) in [4.78, 5) is 8.25.